The third kappa shape index (κ3) is 2.90. The lowest BCUT2D eigenvalue weighted by Crippen LogP contribution is -2.18. The summed E-state index contributed by atoms with van der Waals surface area (Å²) in [4.78, 5) is 20.5. The maximum atomic E-state index is 13.5. The number of hydrogen-bond donors (Lipinski definition) is 2. The predicted octanol–water partition coefficient (Wildman–Crippen LogP) is 0.106. The molecule has 0 saturated carbocycles. The van der Waals surface area contributed by atoms with Gasteiger partial charge in [0.2, 0.25) is 0 Å². The molecule has 2 rings (SSSR count). The molecule has 0 spiro atoms. The summed E-state index contributed by atoms with van der Waals surface area (Å²) >= 11 is 0. The first kappa shape index (κ1) is 12.2. The molecule has 18 heavy (non-hydrogen) atoms. The van der Waals surface area contributed by atoms with Gasteiger partial charge in [0, 0.05) is 6.54 Å². The standard InChI is InChI=1S/C10H13FN6O/c11-8-7(15-10(18)16-9(8)12)3-1-2-4-17-6-13-5-14-17/h5-6H,1-4H2,(H3,12,15,16,18). The summed E-state index contributed by atoms with van der Waals surface area (Å²) in [7, 11) is 0. The average molecular weight is 252 g/mol. The zero-order valence-corrected chi connectivity index (χ0v) is 9.64. The van der Waals surface area contributed by atoms with Crippen LogP contribution in [0.3, 0.4) is 0 Å². The zero-order chi connectivity index (χ0) is 13.0. The van der Waals surface area contributed by atoms with E-state index in [2.05, 4.69) is 20.1 Å². The van der Waals surface area contributed by atoms with E-state index in [9.17, 15) is 9.18 Å². The van der Waals surface area contributed by atoms with Crippen molar-refractivity contribution in [2.24, 2.45) is 0 Å². The van der Waals surface area contributed by atoms with Crippen LogP contribution in [-0.2, 0) is 13.0 Å². The molecule has 0 aliphatic heterocycles. The fourth-order valence-electron chi connectivity index (χ4n) is 1.62. The van der Waals surface area contributed by atoms with Gasteiger partial charge in [-0.1, -0.05) is 0 Å². The number of H-pyrrole nitrogens is 1. The molecule has 0 aliphatic rings. The van der Waals surface area contributed by atoms with Gasteiger partial charge in [-0.05, 0) is 19.3 Å². The highest BCUT2D eigenvalue weighted by Gasteiger charge is 2.08. The summed E-state index contributed by atoms with van der Waals surface area (Å²) in [5.74, 6) is -1.000. The first-order valence-electron chi connectivity index (χ1n) is 5.53. The first-order valence-corrected chi connectivity index (χ1v) is 5.53. The third-order valence-electron chi connectivity index (χ3n) is 2.50. The quantitative estimate of drug-likeness (QED) is 0.735. The summed E-state index contributed by atoms with van der Waals surface area (Å²) < 4.78 is 15.2. The van der Waals surface area contributed by atoms with Crippen LogP contribution in [0.1, 0.15) is 18.5 Å². The second-order valence-electron chi connectivity index (χ2n) is 3.84. The van der Waals surface area contributed by atoms with Gasteiger partial charge in [-0.25, -0.2) is 14.2 Å². The maximum absolute atomic E-state index is 13.5. The normalized spacial score (nSPS) is 10.7. The minimum atomic E-state index is -0.643. The highest BCUT2D eigenvalue weighted by Crippen LogP contribution is 2.10. The van der Waals surface area contributed by atoms with Crippen molar-refractivity contribution in [2.45, 2.75) is 25.8 Å². The summed E-state index contributed by atoms with van der Waals surface area (Å²) in [5.41, 5.74) is 4.85. The van der Waals surface area contributed by atoms with Crippen molar-refractivity contribution in [1.29, 1.82) is 0 Å². The Morgan fingerprint density at radius 2 is 2.28 bits per heavy atom. The number of aryl methyl sites for hydroxylation is 2. The molecule has 0 bridgehead atoms. The minimum absolute atomic E-state index is 0.200. The van der Waals surface area contributed by atoms with Crippen LogP contribution in [-0.4, -0.2) is 24.7 Å². The number of rotatable bonds is 5. The van der Waals surface area contributed by atoms with E-state index in [0.29, 0.717) is 19.4 Å². The van der Waals surface area contributed by atoms with Crippen LogP contribution in [0.5, 0.6) is 0 Å². The SMILES string of the molecule is Nc1nc(=O)[nH]c(CCCCn2cncn2)c1F. The van der Waals surface area contributed by atoms with Gasteiger partial charge in [-0.3, -0.25) is 4.68 Å². The lowest BCUT2D eigenvalue weighted by atomic mass is 10.2. The highest BCUT2D eigenvalue weighted by molar-refractivity contribution is 5.30. The van der Waals surface area contributed by atoms with Crippen molar-refractivity contribution in [2.75, 3.05) is 5.73 Å². The monoisotopic (exact) mass is 252 g/mol. The second kappa shape index (κ2) is 5.39. The largest absolute Gasteiger partial charge is 0.381 e. The minimum Gasteiger partial charge on any atom is -0.381 e. The zero-order valence-electron chi connectivity index (χ0n) is 9.64. The van der Waals surface area contributed by atoms with Crippen LogP contribution in [0.4, 0.5) is 10.2 Å². The molecular weight excluding hydrogens is 239 g/mol. The molecule has 0 saturated heterocycles. The summed E-state index contributed by atoms with van der Waals surface area (Å²) in [6, 6.07) is 0. The van der Waals surface area contributed by atoms with E-state index in [1.54, 1.807) is 11.0 Å². The van der Waals surface area contributed by atoms with Crippen LogP contribution >= 0.6 is 0 Å². The number of anilines is 1. The van der Waals surface area contributed by atoms with Crippen molar-refractivity contribution in [1.82, 2.24) is 24.7 Å². The number of nitrogens with one attached hydrogen (secondary N) is 1. The Bertz CT molecular complexity index is 564. The number of aromatic nitrogens is 5. The van der Waals surface area contributed by atoms with Crippen molar-refractivity contribution in [3.8, 4) is 0 Å². The number of hydrogen-bond acceptors (Lipinski definition) is 5. The lowest BCUT2D eigenvalue weighted by Gasteiger charge is -2.04. The highest BCUT2D eigenvalue weighted by atomic mass is 19.1. The molecule has 3 N–H and O–H groups in total. The third-order valence-corrected chi connectivity index (χ3v) is 2.50. The Balaban J connectivity index is 1.88. The molecule has 2 aromatic heterocycles. The number of aromatic amines is 1. The van der Waals surface area contributed by atoms with E-state index in [1.807, 2.05) is 0 Å². The van der Waals surface area contributed by atoms with E-state index in [1.165, 1.54) is 6.33 Å². The molecule has 0 unspecified atom stereocenters. The van der Waals surface area contributed by atoms with E-state index >= 15 is 0 Å². The lowest BCUT2D eigenvalue weighted by molar-refractivity contribution is 0.539. The smallest absolute Gasteiger partial charge is 0.347 e. The molecule has 0 aromatic carbocycles. The molecule has 8 heteroatoms. The number of nitrogen functional groups attached to an aromatic ring is 1. The Kier molecular flexibility index (Phi) is 3.66. The Hall–Kier alpha value is -2.25. The van der Waals surface area contributed by atoms with Crippen molar-refractivity contribution < 1.29 is 4.39 Å². The summed E-state index contributed by atoms with van der Waals surface area (Å²) in [5, 5.41) is 3.95. The Labute approximate surface area is 102 Å². The summed E-state index contributed by atoms with van der Waals surface area (Å²) in [6.45, 7) is 0.701. The topological polar surface area (TPSA) is 102 Å². The molecule has 0 fully saturated rings. The Morgan fingerprint density at radius 3 is 3.00 bits per heavy atom. The van der Waals surface area contributed by atoms with Gasteiger partial charge in [0.15, 0.2) is 11.6 Å². The molecule has 0 radical (unpaired) electrons. The fourth-order valence-corrected chi connectivity index (χ4v) is 1.62. The van der Waals surface area contributed by atoms with Gasteiger partial charge in [-0.15, -0.1) is 0 Å². The van der Waals surface area contributed by atoms with Gasteiger partial charge in [0.1, 0.15) is 12.7 Å². The van der Waals surface area contributed by atoms with Crippen molar-refractivity contribution >= 4 is 5.82 Å². The molecule has 0 atom stereocenters. The average Bonchev–Trinajstić information content (AvgIpc) is 2.83. The van der Waals surface area contributed by atoms with Gasteiger partial charge >= 0.3 is 5.69 Å². The van der Waals surface area contributed by atoms with Crippen LogP contribution < -0.4 is 11.4 Å². The molecule has 96 valence electrons. The maximum Gasteiger partial charge on any atom is 0.347 e. The number of halogens is 1. The molecule has 7 nitrogen and oxygen atoms in total. The summed E-state index contributed by atoms with van der Waals surface area (Å²) in [6.07, 6.45) is 4.99. The Morgan fingerprint density at radius 1 is 1.44 bits per heavy atom. The van der Waals surface area contributed by atoms with Crippen molar-refractivity contribution in [3.63, 3.8) is 0 Å². The van der Waals surface area contributed by atoms with E-state index < -0.39 is 11.5 Å². The number of nitrogens with zero attached hydrogens (tertiary/aromatic N) is 4. The fraction of sp³-hybridized carbons (Fsp3) is 0.400. The van der Waals surface area contributed by atoms with Crippen LogP contribution in [0.25, 0.3) is 0 Å². The van der Waals surface area contributed by atoms with E-state index in [0.717, 1.165) is 6.42 Å². The number of unbranched alkanes of at least 4 members (excludes halogenated alkanes) is 1. The van der Waals surface area contributed by atoms with Crippen molar-refractivity contribution in [3.05, 3.63) is 34.7 Å². The van der Waals surface area contributed by atoms with Gasteiger partial charge in [0.25, 0.3) is 0 Å². The van der Waals surface area contributed by atoms with Crippen LogP contribution in [0, 0.1) is 5.82 Å². The van der Waals surface area contributed by atoms with Gasteiger partial charge in [0.05, 0.1) is 5.69 Å². The van der Waals surface area contributed by atoms with E-state index in [4.69, 9.17) is 5.73 Å². The molecule has 0 aliphatic carbocycles. The van der Waals surface area contributed by atoms with Crippen LogP contribution in [0.2, 0.25) is 0 Å². The van der Waals surface area contributed by atoms with Crippen LogP contribution in [0.15, 0.2) is 17.4 Å². The molecule has 2 aromatic rings. The molecule has 0 amide bonds. The number of nitrogens with two attached hydrogens (primary N) is 1. The van der Waals surface area contributed by atoms with E-state index in [-0.39, 0.29) is 11.5 Å². The molecular formula is C10H13FN6O. The van der Waals surface area contributed by atoms with Gasteiger partial charge < -0.3 is 10.7 Å². The first-order chi connectivity index (χ1) is 8.66. The second-order valence-corrected chi connectivity index (χ2v) is 3.84. The predicted molar refractivity (Wildman–Crippen MR) is 62.2 cm³/mol. The molecule has 2 heterocycles. The van der Waals surface area contributed by atoms with Gasteiger partial charge in [-0.2, -0.15) is 10.1 Å².